The van der Waals surface area contributed by atoms with Gasteiger partial charge in [0.25, 0.3) is 0 Å². The lowest BCUT2D eigenvalue weighted by Crippen LogP contribution is -2.39. The molecule has 1 fully saturated rings. The number of carbonyl (C=O) groups excluding carboxylic acids is 1. The molecule has 0 saturated carbocycles. The molecule has 0 atom stereocenters. The molecule has 0 bridgehead atoms. The molecule has 1 aromatic carbocycles. The molecule has 7 heteroatoms. The predicted molar refractivity (Wildman–Crippen MR) is 112 cm³/mol. The minimum Gasteiger partial charge on any atom is -0.378 e. The summed E-state index contributed by atoms with van der Waals surface area (Å²) in [6.45, 7) is 8.79. The van der Waals surface area contributed by atoms with Crippen LogP contribution in [0, 0.1) is 0 Å². The maximum Gasteiger partial charge on any atom is 0.247 e. The van der Waals surface area contributed by atoms with Gasteiger partial charge in [0.2, 0.25) is 5.91 Å². The average molecular weight is 425 g/mol. The second kappa shape index (κ2) is 8.31. The Morgan fingerprint density at radius 2 is 1.81 bits per heavy atom. The predicted octanol–water partition coefficient (Wildman–Crippen LogP) is 5.04. The van der Waals surface area contributed by atoms with E-state index < -0.39 is 0 Å². The summed E-state index contributed by atoms with van der Waals surface area (Å²) in [6.07, 6.45) is 1.63. The van der Waals surface area contributed by atoms with E-state index >= 15 is 0 Å². The molecule has 27 heavy (non-hydrogen) atoms. The van der Waals surface area contributed by atoms with E-state index in [-0.39, 0.29) is 16.5 Å². The molecule has 4 nitrogen and oxygen atoms in total. The van der Waals surface area contributed by atoms with Crippen LogP contribution in [0.1, 0.15) is 36.8 Å². The number of aromatic nitrogens is 1. The van der Waals surface area contributed by atoms with Crippen molar-refractivity contribution in [1.82, 2.24) is 9.27 Å². The molecule has 2 aromatic rings. The summed E-state index contributed by atoms with van der Waals surface area (Å²) in [5.74, 6) is -0.0613. The molecule has 0 radical (unpaired) electrons. The molecule has 1 aliphatic rings. The Bertz CT molecular complexity index is 848. The summed E-state index contributed by atoms with van der Waals surface area (Å²) in [5.41, 5.74) is 2.92. The van der Waals surface area contributed by atoms with Crippen molar-refractivity contribution in [3.8, 4) is 0 Å². The van der Waals surface area contributed by atoms with Crippen LogP contribution >= 0.6 is 34.7 Å². The van der Waals surface area contributed by atoms with Crippen LogP contribution in [0.15, 0.2) is 30.3 Å². The molecular weight excluding hydrogens is 403 g/mol. The zero-order valence-electron chi connectivity index (χ0n) is 15.6. The molecule has 1 amide bonds. The summed E-state index contributed by atoms with van der Waals surface area (Å²) in [5, 5.41) is 0.635. The van der Waals surface area contributed by atoms with Gasteiger partial charge in [-0.15, -0.1) is 0 Å². The van der Waals surface area contributed by atoms with Gasteiger partial charge in [-0.1, -0.05) is 68.2 Å². The molecule has 2 heterocycles. The van der Waals surface area contributed by atoms with Gasteiger partial charge in [-0.3, -0.25) is 4.79 Å². The van der Waals surface area contributed by atoms with E-state index in [4.69, 9.17) is 27.9 Å². The average Bonchev–Trinajstić information content (AvgIpc) is 2.98. The van der Waals surface area contributed by atoms with E-state index in [2.05, 4.69) is 37.3 Å². The number of hydrogen-bond acceptors (Lipinski definition) is 4. The Balaban J connectivity index is 2.01. The first-order valence-electron chi connectivity index (χ1n) is 8.77. The maximum absolute atomic E-state index is 12.8. The lowest BCUT2D eigenvalue weighted by Gasteiger charge is -2.26. The fourth-order valence-electron chi connectivity index (χ4n) is 2.86. The fraction of sp³-hybridized carbons (Fsp3) is 0.400. The van der Waals surface area contributed by atoms with Crippen molar-refractivity contribution in [3.05, 3.63) is 56.5 Å². The fourth-order valence-corrected chi connectivity index (χ4v) is 4.12. The van der Waals surface area contributed by atoms with Gasteiger partial charge < -0.3 is 9.64 Å². The van der Waals surface area contributed by atoms with Crippen LogP contribution in [0.4, 0.5) is 0 Å². The molecule has 0 spiro atoms. The highest BCUT2D eigenvalue weighted by molar-refractivity contribution is 7.08. The van der Waals surface area contributed by atoms with Gasteiger partial charge in [0.15, 0.2) is 5.15 Å². The largest absolute Gasteiger partial charge is 0.378 e. The highest BCUT2D eigenvalue weighted by atomic mass is 35.5. The van der Waals surface area contributed by atoms with E-state index in [0.717, 1.165) is 11.1 Å². The molecule has 0 aliphatic carbocycles. The first-order chi connectivity index (χ1) is 12.8. The van der Waals surface area contributed by atoms with E-state index in [1.807, 2.05) is 12.1 Å². The van der Waals surface area contributed by atoms with Crippen molar-refractivity contribution in [3.63, 3.8) is 0 Å². The Kier molecular flexibility index (Phi) is 6.26. The minimum atomic E-state index is -0.0613. The molecule has 1 saturated heterocycles. The first-order valence-corrected chi connectivity index (χ1v) is 10.3. The van der Waals surface area contributed by atoms with Crippen LogP contribution in [-0.4, -0.2) is 41.5 Å². The number of nitrogens with zero attached hydrogens (tertiary/aromatic N) is 2. The van der Waals surface area contributed by atoms with Crippen LogP contribution in [0.25, 0.3) is 5.57 Å². The van der Waals surface area contributed by atoms with Crippen LogP contribution < -0.4 is 0 Å². The first kappa shape index (κ1) is 20.3. The molecule has 3 rings (SSSR count). The molecule has 144 valence electrons. The Morgan fingerprint density at radius 1 is 1.19 bits per heavy atom. The quantitative estimate of drug-likeness (QED) is 0.648. The van der Waals surface area contributed by atoms with Crippen molar-refractivity contribution in [2.45, 2.75) is 26.2 Å². The highest BCUT2D eigenvalue weighted by Gasteiger charge is 2.21. The van der Waals surface area contributed by atoms with Crippen molar-refractivity contribution >= 4 is 46.2 Å². The lowest BCUT2D eigenvalue weighted by molar-refractivity contribution is -0.129. The van der Waals surface area contributed by atoms with Gasteiger partial charge in [-0.2, -0.15) is 4.37 Å². The maximum atomic E-state index is 12.8. The van der Waals surface area contributed by atoms with Gasteiger partial charge in [-0.05, 0) is 28.1 Å². The van der Waals surface area contributed by atoms with E-state index in [0.29, 0.717) is 36.2 Å². The number of carbonyl (C=O) groups is 1. The number of rotatable bonds is 3. The number of halogens is 2. The molecule has 1 aromatic heterocycles. The smallest absolute Gasteiger partial charge is 0.247 e. The topological polar surface area (TPSA) is 42.4 Å². The Morgan fingerprint density at radius 3 is 2.33 bits per heavy atom. The SMILES string of the molecule is CC(C)(C)c1ccc(/C(=C\C(=O)N2CCOCC2)c2snc(Cl)c2Cl)cc1. The number of hydrogen-bond donors (Lipinski definition) is 0. The third-order valence-corrected chi connectivity index (χ3v) is 6.33. The number of amides is 1. The monoisotopic (exact) mass is 424 g/mol. The van der Waals surface area contributed by atoms with Crippen molar-refractivity contribution in [2.24, 2.45) is 0 Å². The van der Waals surface area contributed by atoms with Crippen molar-refractivity contribution < 1.29 is 9.53 Å². The van der Waals surface area contributed by atoms with Crippen LogP contribution in [0.5, 0.6) is 0 Å². The summed E-state index contributed by atoms with van der Waals surface area (Å²) in [7, 11) is 0. The Labute approximate surface area is 173 Å². The lowest BCUT2D eigenvalue weighted by atomic mass is 9.86. The van der Waals surface area contributed by atoms with Crippen molar-refractivity contribution in [1.29, 1.82) is 0 Å². The highest BCUT2D eigenvalue weighted by Crippen LogP contribution is 2.37. The standard InChI is InChI=1S/C20H22Cl2N2O2S/c1-20(2,3)14-6-4-13(5-7-14)15(18-17(21)19(22)23-27-18)12-16(25)24-8-10-26-11-9-24/h4-7,12H,8-11H2,1-3H3/b15-12+. The summed E-state index contributed by atoms with van der Waals surface area (Å²) < 4.78 is 9.46. The summed E-state index contributed by atoms with van der Waals surface area (Å²) in [6, 6.07) is 8.20. The third-order valence-electron chi connectivity index (χ3n) is 4.49. The summed E-state index contributed by atoms with van der Waals surface area (Å²) >= 11 is 13.6. The number of ether oxygens (including phenoxy) is 1. The zero-order valence-corrected chi connectivity index (χ0v) is 17.9. The van der Waals surface area contributed by atoms with Crippen LogP contribution in [0.3, 0.4) is 0 Å². The molecule has 0 unspecified atom stereocenters. The van der Waals surface area contributed by atoms with Crippen LogP contribution in [0.2, 0.25) is 10.2 Å². The van der Waals surface area contributed by atoms with Crippen LogP contribution in [-0.2, 0) is 14.9 Å². The van der Waals surface area contributed by atoms with E-state index in [9.17, 15) is 4.79 Å². The second-order valence-electron chi connectivity index (χ2n) is 7.44. The van der Waals surface area contributed by atoms with Gasteiger partial charge in [0, 0.05) is 24.7 Å². The Hall–Kier alpha value is -1.40. The number of morpholine rings is 1. The van der Waals surface area contributed by atoms with Gasteiger partial charge >= 0.3 is 0 Å². The van der Waals surface area contributed by atoms with Gasteiger partial charge in [0.05, 0.1) is 23.1 Å². The normalized spacial score (nSPS) is 15.9. The van der Waals surface area contributed by atoms with Gasteiger partial charge in [-0.25, -0.2) is 0 Å². The second-order valence-corrected chi connectivity index (χ2v) is 8.95. The summed E-state index contributed by atoms with van der Waals surface area (Å²) in [4.78, 5) is 15.3. The van der Waals surface area contributed by atoms with E-state index in [1.54, 1.807) is 11.0 Å². The number of benzene rings is 1. The van der Waals surface area contributed by atoms with E-state index in [1.165, 1.54) is 17.1 Å². The molecule has 1 aliphatic heterocycles. The third kappa shape index (κ3) is 4.72. The van der Waals surface area contributed by atoms with Gasteiger partial charge in [0.1, 0.15) is 0 Å². The van der Waals surface area contributed by atoms with Crippen molar-refractivity contribution in [2.75, 3.05) is 26.3 Å². The molecular formula is C20H22Cl2N2O2S. The molecule has 0 N–H and O–H groups in total. The zero-order chi connectivity index (χ0) is 19.6. The minimum absolute atomic E-state index is 0.0530.